The van der Waals surface area contributed by atoms with Gasteiger partial charge in [0.15, 0.2) is 0 Å². The van der Waals surface area contributed by atoms with Gasteiger partial charge in [0.1, 0.15) is 6.07 Å². The van der Waals surface area contributed by atoms with E-state index in [2.05, 4.69) is 32.3 Å². The van der Waals surface area contributed by atoms with E-state index in [1.807, 2.05) is 19.1 Å². The molecule has 0 amide bonds. The van der Waals surface area contributed by atoms with E-state index in [0.29, 0.717) is 24.2 Å². The van der Waals surface area contributed by atoms with E-state index < -0.39 is 5.97 Å². The number of halogens is 1. The largest absolute Gasteiger partial charge is 0.481 e. The van der Waals surface area contributed by atoms with Crippen molar-refractivity contribution < 1.29 is 9.90 Å². The summed E-state index contributed by atoms with van der Waals surface area (Å²) in [4.78, 5) is 14.9. The molecule has 21 heavy (non-hydrogen) atoms. The molecule has 2 N–H and O–H groups in total. The van der Waals surface area contributed by atoms with E-state index in [4.69, 9.17) is 5.11 Å². The minimum Gasteiger partial charge on any atom is -0.481 e. The van der Waals surface area contributed by atoms with Crippen LogP contribution in [0.15, 0.2) is 22.8 Å². The van der Waals surface area contributed by atoms with Gasteiger partial charge in [-0.15, -0.1) is 0 Å². The first-order chi connectivity index (χ1) is 10.0. The van der Waals surface area contributed by atoms with E-state index in [1.165, 1.54) is 6.20 Å². The SMILES string of the molecule is Cc1ccc2c(NCCCC(=O)O)c(C#N)cnc2c1Br. The molecule has 0 aliphatic rings. The minimum absolute atomic E-state index is 0.0979. The highest BCUT2D eigenvalue weighted by Gasteiger charge is 2.11. The number of fused-ring (bicyclic) bond motifs is 1. The Hall–Kier alpha value is -2.13. The van der Waals surface area contributed by atoms with Gasteiger partial charge in [-0.2, -0.15) is 5.26 Å². The molecule has 6 heteroatoms. The third kappa shape index (κ3) is 3.31. The fourth-order valence-electron chi connectivity index (χ4n) is 2.06. The average Bonchev–Trinajstić information content (AvgIpc) is 2.47. The van der Waals surface area contributed by atoms with Gasteiger partial charge in [-0.1, -0.05) is 12.1 Å². The van der Waals surface area contributed by atoms with Crippen molar-refractivity contribution in [2.45, 2.75) is 19.8 Å². The van der Waals surface area contributed by atoms with Crippen molar-refractivity contribution in [2.75, 3.05) is 11.9 Å². The van der Waals surface area contributed by atoms with Crippen molar-refractivity contribution in [3.8, 4) is 6.07 Å². The number of hydrogen-bond acceptors (Lipinski definition) is 4. The second kappa shape index (κ2) is 6.55. The Morgan fingerprint density at radius 3 is 2.95 bits per heavy atom. The molecule has 0 saturated carbocycles. The third-order valence-corrected chi connectivity index (χ3v) is 4.16. The molecule has 0 aliphatic heterocycles. The lowest BCUT2D eigenvalue weighted by molar-refractivity contribution is -0.137. The molecule has 1 aromatic heterocycles. The Morgan fingerprint density at radius 2 is 2.29 bits per heavy atom. The molecule has 0 aliphatic carbocycles. The fourth-order valence-corrected chi connectivity index (χ4v) is 2.51. The number of pyridine rings is 1. The molecule has 2 aromatic rings. The summed E-state index contributed by atoms with van der Waals surface area (Å²) in [5.41, 5.74) is 3.01. The monoisotopic (exact) mass is 347 g/mol. The van der Waals surface area contributed by atoms with Crippen molar-refractivity contribution >= 4 is 38.5 Å². The Labute approximate surface area is 130 Å². The second-order valence-corrected chi connectivity index (χ2v) is 5.47. The molecule has 0 bridgehead atoms. The number of nitriles is 1. The number of aryl methyl sites for hydroxylation is 1. The maximum atomic E-state index is 10.5. The molecule has 108 valence electrons. The molecular formula is C15H14BrN3O2. The Bertz CT molecular complexity index is 738. The van der Waals surface area contributed by atoms with E-state index in [-0.39, 0.29) is 6.42 Å². The minimum atomic E-state index is -0.824. The average molecular weight is 348 g/mol. The van der Waals surface area contributed by atoms with Crippen LogP contribution in [0.5, 0.6) is 0 Å². The molecule has 0 spiro atoms. The number of anilines is 1. The summed E-state index contributed by atoms with van der Waals surface area (Å²) in [6, 6.07) is 5.99. The van der Waals surface area contributed by atoms with Gasteiger partial charge in [-0.25, -0.2) is 0 Å². The maximum Gasteiger partial charge on any atom is 0.303 e. The van der Waals surface area contributed by atoms with Crippen LogP contribution in [0.1, 0.15) is 24.0 Å². The molecule has 0 radical (unpaired) electrons. The maximum absolute atomic E-state index is 10.5. The number of carbonyl (C=O) groups is 1. The first-order valence-electron chi connectivity index (χ1n) is 6.48. The number of nitrogens with zero attached hydrogens (tertiary/aromatic N) is 2. The summed E-state index contributed by atoms with van der Waals surface area (Å²) < 4.78 is 0.901. The number of hydrogen-bond donors (Lipinski definition) is 2. The molecule has 1 heterocycles. The van der Waals surface area contributed by atoms with E-state index in [0.717, 1.165) is 20.9 Å². The lowest BCUT2D eigenvalue weighted by atomic mass is 10.1. The van der Waals surface area contributed by atoms with Crippen molar-refractivity contribution in [3.63, 3.8) is 0 Å². The van der Waals surface area contributed by atoms with Crippen LogP contribution >= 0.6 is 15.9 Å². The van der Waals surface area contributed by atoms with Crippen LogP contribution in [0.25, 0.3) is 10.9 Å². The van der Waals surface area contributed by atoms with E-state index >= 15 is 0 Å². The van der Waals surface area contributed by atoms with Crippen LogP contribution in [0.4, 0.5) is 5.69 Å². The van der Waals surface area contributed by atoms with Gasteiger partial charge >= 0.3 is 5.97 Å². The second-order valence-electron chi connectivity index (χ2n) is 4.68. The van der Waals surface area contributed by atoms with Gasteiger partial charge in [0.2, 0.25) is 0 Å². The van der Waals surface area contributed by atoms with Gasteiger partial charge in [0.25, 0.3) is 0 Å². The number of benzene rings is 1. The number of nitrogens with one attached hydrogen (secondary N) is 1. The summed E-state index contributed by atoms with van der Waals surface area (Å²) in [7, 11) is 0. The molecule has 0 fully saturated rings. The number of aromatic nitrogens is 1. The normalized spacial score (nSPS) is 10.3. The molecule has 2 rings (SSSR count). The van der Waals surface area contributed by atoms with E-state index in [9.17, 15) is 10.1 Å². The summed E-state index contributed by atoms with van der Waals surface area (Å²) in [5, 5.41) is 21.9. The van der Waals surface area contributed by atoms with Crippen molar-refractivity contribution in [1.82, 2.24) is 4.98 Å². The van der Waals surface area contributed by atoms with Crippen LogP contribution < -0.4 is 5.32 Å². The highest BCUT2D eigenvalue weighted by atomic mass is 79.9. The summed E-state index contributed by atoms with van der Waals surface area (Å²) in [5.74, 6) is -0.824. The number of carboxylic acids is 1. The lowest BCUT2D eigenvalue weighted by Crippen LogP contribution is -2.07. The van der Waals surface area contributed by atoms with Crippen LogP contribution in [-0.2, 0) is 4.79 Å². The Balaban J connectivity index is 2.38. The molecular weight excluding hydrogens is 334 g/mol. The summed E-state index contributed by atoms with van der Waals surface area (Å²) in [6.07, 6.45) is 2.13. The van der Waals surface area contributed by atoms with Crippen LogP contribution in [-0.4, -0.2) is 22.6 Å². The number of rotatable bonds is 5. The van der Waals surface area contributed by atoms with Gasteiger partial charge < -0.3 is 10.4 Å². The zero-order valence-corrected chi connectivity index (χ0v) is 13.1. The molecule has 5 nitrogen and oxygen atoms in total. The lowest BCUT2D eigenvalue weighted by Gasteiger charge is -2.12. The van der Waals surface area contributed by atoms with Crippen LogP contribution in [0.2, 0.25) is 0 Å². The van der Waals surface area contributed by atoms with Crippen molar-refractivity contribution in [3.05, 3.63) is 33.9 Å². The fraction of sp³-hybridized carbons (Fsp3) is 0.267. The standard InChI is InChI=1S/C15H14BrN3O2/c1-9-4-5-11-14(18-6-2-3-12(20)21)10(7-17)8-19-15(11)13(9)16/h4-5,8H,2-3,6H2,1H3,(H,18,19)(H,20,21). The number of carboxylic acid groups (broad SMARTS) is 1. The van der Waals surface area contributed by atoms with Gasteiger partial charge in [0.05, 0.1) is 16.8 Å². The van der Waals surface area contributed by atoms with Crippen LogP contribution in [0, 0.1) is 18.3 Å². The van der Waals surface area contributed by atoms with E-state index in [1.54, 1.807) is 0 Å². The Morgan fingerprint density at radius 1 is 1.52 bits per heavy atom. The zero-order chi connectivity index (χ0) is 15.4. The third-order valence-electron chi connectivity index (χ3n) is 3.16. The Kier molecular flexibility index (Phi) is 4.76. The quantitative estimate of drug-likeness (QED) is 0.809. The molecule has 1 aromatic carbocycles. The predicted octanol–water partition coefficient (Wildman–Crippen LogP) is 3.45. The summed E-state index contributed by atoms with van der Waals surface area (Å²) >= 11 is 3.51. The van der Waals surface area contributed by atoms with Gasteiger partial charge in [-0.05, 0) is 34.8 Å². The van der Waals surface area contributed by atoms with Gasteiger partial charge in [-0.3, -0.25) is 9.78 Å². The predicted molar refractivity (Wildman–Crippen MR) is 84.3 cm³/mol. The highest BCUT2D eigenvalue weighted by molar-refractivity contribution is 9.10. The molecule has 0 saturated heterocycles. The van der Waals surface area contributed by atoms with Gasteiger partial charge in [0, 0.05) is 29.0 Å². The smallest absolute Gasteiger partial charge is 0.303 e. The molecule has 0 unspecified atom stereocenters. The van der Waals surface area contributed by atoms with Crippen molar-refractivity contribution in [2.24, 2.45) is 0 Å². The summed E-state index contributed by atoms with van der Waals surface area (Å²) in [6.45, 7) is 2.47. The molecule has 0 atom stereocenters. The first-order valence-corrected chi connectivity index (χ1v) is 7.27. The zero-order valence-electron chi connectivity index (χ0n) is 11.5. The number of aliphatic carboxylic acids is 1. The highest BCUT2D eigenvalue weighted by Crippen LogP contribution is 2.32. The van der Waals surface area contributed by atoms with Crippen molar-refractivity contribution in [1.29, 1.82) is 5.26 Å². The first kappa shape index (κ1) is 15.3. The van der Waals surface area contributed by atoms with Crippen LogP contribution in [0.3, 0.4) is 0 Å². The topological polar surface area (TPSA) is 86.0 Å².